The van der Waals surface area contributed by atoms with Gasteiger partial charge in [0.15, 0.2) is 5.82 Å². The quantitative estimate of drug-likeness (QED) is 0.719. The third kappa shape index (κ3) is 2.74. The molecule has 0 fully saturated rings. The summed E-state index contributed by atoms with van der Waals surface area (Å²) >= 11 is 0. The molecule has 0 saturated carbocycles. The van der Waals surface area contributed by atoms with Crippen LogP contribution in [0.1, 0.15) is 10.4 Å². The molecule has 0 saturated heterocycles. The van der Waals surface area contributed by atoms with Crippen molar-refractivity contribution in [3.63, 3.8) is 0 Å². The van der Waals surface area contributed by atoms with Crippen LogP contribution in [0, 0.1) is 0 Å². The van der Waals surface area contributed by atoms with Gasteiger partial charge in [-0.25, -0.2) is 9.67 Å². The van der Waals surface area contributed by atoms with E-state index in [0.29, 0.717) is 22.8 Å². The van der Waals surface area contributed by atoms with E-state index in [0.717, 1.165) is 0 Å². The summed E-state index contributed by atoms with van der Waals surface area (Å²) in [4.78, 5) is 16.3. The topological polar surface area (TPSA) is 85.8 Å². The van der Waals surface area contributed by atoms with Crippen LogP contribution in [0.15, 0.2) is 61.1 Å². The minimum Gasteiger partial charge on any atom is -0.398 e. The standard InChI is InChI=1S/C15H13N5O/c16-13-6-2-1-5-12(13)15(21)19-11-9-18-20(10-11)14-7-3-4-8-17-14/h1-10H,16H2,(H,19,21). The smallest absolute Gasteiger partial charge is 0.257 e. The fraction of sp³-hybridized carbons (Fsp3) is 0. The number of carbonyl (C=O) groups excluding carboxylic acids is 1. The molecule has 6 heteroatoms. The van der Waals surface area contributed by atoms with Gasteiger partial charge in [-0.15, -0.1) is 0 Å². The summed E-state index contributed by atoms with van der Waals surface area (Å²) in [5, 5.41) is 6.92. The summed E-state index contributed by atoms with van der Waals surface area (Å²) in [6.07, 6.45) is 4.94. The molecule has 1 amide bonds. The predicted molar refractivity (Wildman–Crippen MR) is 80.2 cm³/mol. The summed E-state index contributed by atoms with van der Waals surface area (Å²) in [6.45, 7) is 0. The second-order valence-corrected chi connectivity index (χ2v) is 4.40. The Morgan fingerprint density at radius 1 is 1.14 bits per heavy atom. The van der Waals surface area contributed by atoms with Crippen molar-refractivity contribution in [2.24, 2.45) is 0 Å². The van der Waals surface area contributed by atoms with Crippen LogP contribution in [0.2, 0.25) is 0 Å². The Hall–Kier alpha value is -3.15. The first kappa shape index (κ1) is 12.9. The maximum atomic E-state index is 12.1. The minimum absolute atomic E-state index is 0.270. The molecule has 0 radical (unpaired) electrons. The van der Waals surface area contributed by atoms with E-state index in [1.165, 1.54) is 0 Å². The number of hydrogen-bond donors (Lipinski definition) is 2. The number of aromatic nitrogens is 3. The van der Waals surface area contributed by atoms with E-state index in [9.17, 15) is 4.79 Å². The van der Waals surface area contributed by atoms with Gasteiger partial charge in [0.25, 0.3) is 5.91 Å². The number of anilines is 2. The summed E-state index contributed by atoms with van der Waals surface area (Å²) in [6, 6.07) is 12.4. The lowest BCUT2D eigenvalue weighted by atomic mass is 10.1. The normalized spacial score (nSPS) is 10.3. The van der Waals surface area contributed by atoms with Crippen LogP contribution in [-0.4, -0.2) is 20.7 Å². The van der Waals surface area contributed by atoms with Crippen LogP contribution >= 0.6 is 0 Å². The lowest BCUT2D eigenvalue weighted by Gasteiger charge is -2.05. The van der Waals surface area contributed by atoms with Crippen molar-refractivity contribution in [2.75, 3.05) is 11.1 Å². The third-order valence-electron chi connectivity index (χ3n) is 2.93. The van der Waals surface area contributed by atoms with Crippen LogP contribution in [0.25, 0.3) is 5.82 Å². The zero-order valence-corrected chi connectivity index (χ0v) is 11.1. The van der Waals surface area contributed by atoms with Gasteiger partial charge < -0.3 is 11.1 Å². The van der Waals surface area contributed by atoms with Crippen LogP contribution < -0.4 is 11.1 Å². The Morgan fingerprint density at radius 3 is 2.71 bits per heavy atom. The number of amides is 1. The lowest BCUT2D eigenvalue weighted by molar-refractivity contribution is 0.102. The summed E-state index contributed by atoms with van der Waals surface area (Å²) < 4.78 is 1.59. The number of rotatable bonds is 3. The molecule has 3 aromatic rings. The molecule has 3 rings (SSSR count). The molecule has 2 aromatic heterocycles. The first-order valence-corrected chi connectivity index (χ1v) is 6.36. The Labute approximate surface area is 121 Å². The number of nitrogens with two attached hydrogens (primary N) is 1. The number of pyridine rings is 1. The summed E-state index contributed by atoms with van der Waals surface area (Å²) in [7, 11) is 0. The minimum atomic E-state index is -0.270. The Balaban J connectivity index is 1.79. The van der Waals surface area contributed by atoms with Crippen LogP contribution in [0.4, 0.5) is 11.4 Å². The van der Waals surface area contributed by atoms with Crippen molar-refractivity contribution >= 4 is 17.3 Å². The monoisotopic (exact) mass is 279 g/mol. The maximum Gasteiger partial charge on any atom is 0.257 e. The highest BCUT2D eigenvalue weighted by Crippen LogP contribution is 2.14. The average Bonchev–Trinajstić information content (AvgIpc) is 2.97. The van der Waals surface area contributed by atoms with E-state index < -0.39 is 0 Å². The lowest BCUT2D eigenvalue weighted by Crippen LogP contribution is -2.13. The van der Waals surface area contributed by atoms with Gasteiger partial charge in [0.1, 0.15) is 0 Å². The zero-order valence-electron chi connectivity index (χ0n) is 11.1. The zero-order chi connectivity index (χ0) is 14.7. The fourth-order valence-electron chi connectivity index (χ4n) is 1.90. The van der Waals surface area contributed by atoms with Gasteiger partial charge in [-0.3, -0.25) is 4.79 Å². The van der Waals surface area contributed by atoms with E-state index >= 15 is 0 Å². The third-order valence-corrected chi connectivity index (χ3v) is 2.93. The Bertz CT molecular complexity index is 766. The van der Waals surface area contributed by atoms with Gasteiger partial charge in [0.05, 0.1) is 23.6 Å². The average molecular weight is 279 g/mol. The molecule has 1 aromatic carbocycles. The molecule has 0 bridgehead atoms. The molecule has 104 valence electrons. The van der Waals surface area contributed by atoms with Crippen molar-refractivity contribution in [2.45, 2.75) is 0 Å². The van der Waals surface area contributed by atoms with Crippen LogP contribution in [-0.2, 0) is 0 Å². The number of nitrogens with zero attached hydrogens (tertiary/aromatic N) is 3. The van der Waals surface area contributed by atoms with Gasteiger partial charge in [0, 0.05) is 11.9 Å². The number of nitrogens with one attached hydrogen (secondary N) is 1. The molecule has 0 spiro atoms. The van der Waals surface area contributed by atoms with E-state index in [1.807, 2.05) is 18.2 Å². The largest absolute Gasteiger partial charge is 0.398 e. The number of carbonyl (C=O) groups is 1. The molecule has 0 atom stereocenters. The molecule has 0 unspecified atom stereocenters. The number of benzene rings is 1. The van der Waals surface area contributed by atoms with Gasteiger partial charge in [-0.2, -0.15) is 5.10 Å². The molecular weight excluding hydrogens is 266 g/mol. The van der Waals surface area contributed by atoms with E-state index in [-0.39, 0.29) is 5.91 Å². The van der Waals surface area contributed by atoms with Crippen molar-refractivity contribution in [3.05, 3.63) is 66.6 Å². The predicted octanol–water partition coefficient (Wildman–Crippen LogP) is 2.10. The first-order chi connectivity index (χ1) is 10.2. The van der Waals surface area contributed by atoms with Gasteiger partial charge in [-0.1, -0.05) is 18.2 Å². The van der Waals surface area contributed by atoms with Crippen molar-refractivity contribution in [1.29, 1.82) is 0 Å². The van der Waals surface area contributed by atoms with Crippen molar-refractivity contribution in [1.82, 2.24) is 14.8 Å². The first-order valence-electron chi connectivity index (χ1n) is 6.36. The Kier molecular flexibility index (Phi) is 3.34. The SMILES string of the molecule is Nc1ccccc1C(=O)Nc1cnn(-c2ccccn2)c1. The molecule has 3 N–H and O–H groups in total. The molecule has 2 heterocycles. The number of nitrogen functional groups attached to an aromatic ring is 1. The van der Waals surface area contributed by atoms with Gasteiger partial charge in [-0.05, 0) is 24.3 Å². The highest BCUT2D eigenvalue weighted by Gasteiger charge is 2.10. The van der Waals surface area contributed by atoms with Gasteiger partial charge >= 0.3 is 0 Å². The maximum absolute atomic E-state index is 12.1. The number of para-hydroxylation sites is 1. The van der Waals surface area contributed by atoms with Crippen molar-refractivity contribution < 1.29 is 4.79 Å². The molecule has 21 heavy (non-hydrogen) atoms. The van der Waals surface area contributed by atoms with Gasteiger partial charge in [0.2, 0.25) is 0 Å². The molecule has 0 aliphatic carbocycles. The highest BCUT2D eigenvalue weighted by atomic mass is 16.1. The summed E-state index contributed by atoms with van der Waals surface area (Å²) in [5.41, 5.74) is 7.23. The van der Waals surface area contributed by atoms with Crippen LogP contribution in [0.5, 0.6) is 0 Å². The van der Waals surface area contributed by atoms with E-state index in [1.54, 1.807) is 47.5 Å². The second-order valence-electron chi connectivity index (χ2n) is 4.40. The summed E-state index contributed by atoms with van der Waals surface area (Å²) in [5.74, 6) is 0.408. The van der Waals surface area contributed by atoms with Crippen molar-refractivity contribution in [3.8, 4) is 5.82 Å². The molecule has 0 aliphatic heterocycles. The highest BCUT2D eigenvalue weighted by molar-refractivity contribution is 6.07. The second kappa shape index (κ2) is 5.46. The van der Waals surface area contributed by atoms with Crippen LogP contribution in [0.3, 0.4) is 0 Å². The Morgan fingerprint density at radius 2 is 1.95 bits per heavy atom. The fourth-order valence-corrected chi connectivity index (χ4v) is 1.90. The van der Waals surface area contributed by atoms with E-state index in [4.69, 9.17) is 5.73 Å². The molecule has 0 aliphatic rings. The number of hydrogen-bond acceptors (Lipinski definition) is 4. The molecular formula is C15H13N5O. The van der Waals surface area contributed by atoms with E-state index in [2.05, 4.69) is 15.4 Å². The molecule has 6 nitrogen and oxygen atoms in total.